The second-order valence-corrected chi connectivity index (χ2v) is 14.7. The topological polar surface area (TPSA) is 105 Å². The lowest BCUT2D eigenvalue weighted by Crippen LogP contribution is -2.53. The quantitative estimate of drug-likeness (QED) is 0.402. The highest BCUT2D eigenvalue weighted by Gasteiger charge is 2.34. The molecule has 2 atom stereocenters. The van der Waals surface area contributed by atoms with Crippen LogP contribution in [0.3, 0.4) is 0 Å². The molecule has 176 valence electrons. The molecule has 0 aliphatic heterocycles. The van der Waals surface area contributed by atoms with Crippen molar-refractivity contribution in [2.75, 3.05) is 0 Å². The molecule has 1 aromatic carbocycles. The van der Waals surface area contributed by atoms with Gasteiger partial charge in [0.15, 0.2) is 0 Å². The number of amides is 2. The van der Waals surface area contributed by atoms with E-state index >= 15 is 0 Å². The molecule has 0 saturated heterocycles. The van der Waals surface area contributed by atoms with Crippen LogP contribution in [0.15, 0.2) is 30.3 Å². The molecular weight excluding hydrogens is 424 g/mol. The number of ether oxygens (including phenoxy) is 1. The zero-order valence-corrected chi connectivity index (χ0v) is 21.1. The summed E-state index contributed by atoms with van der Waals surface area (Å²) in [6.07, 6.45) is -0.746. The van der Waals surface area contributed by atoms with Crippen LogP contribution in [0.5, 0.6) is 0 Å². The number of benzene rings is 1. The van der Waals surface area contributed by atoms with Crippen LogP contribution in [0.2, 0.25) is 18.1 Å². The van der Waals surface area contributed by atoms with Gasteiger partial charge in [0.1, 0.15) is 26.8 Å². The monoisotopic (exact) mass is 460 g/mol. The lowest BCUT2D eigenvalue weighted by atomic mass is 10.0. The van der Waals surface area contributed by atoms with Gasteiger partial charge in [-0.1, -0.05) is 78.0 Å². The minimum Gasteiger partial charge on any atom is -0.480 e. The minimum absolute atomic E-state index is 0.00312. The normalized spacial score (nSPS) is 13.4. The Morgan fingerprint density at radius 3 is 2.19 bits per heavy atom. The summed E-state index contributed by atoms with van der Waals surface area (Å²) in [5, 5.41) is 14.6. The number of aliphatic carboxylic acids is 1. The summed E-state index contributed by atoms with van der Waals surface area (Å²) < 4.78 is 5.18. The van der Waals surface area contributed by atoms with Crippen LogP contribution >= 0.6 is 0 Å². The summed E-state index contributed by atoms with van der Waals surface area (Å²) in [6.45, 7) is 14.2. The first-order valence-electron chi connectivity index (χ1n) is 10.7. The van der Waals surface area contributed by atoms with Gasteiger partial charge in [-0.2, -0.15) is 0 Å². The zero-order chi connectivity index (χ0) is 24.5. The standard InChI is InChI=1S/C24H36N2O5Si/c1-17(2)20(26-23(30)31-16-18-12-9-8-10-13-18)21(27)25-19(22(28)29)14-11-15-32(6,7)24(3,4)5/h8-10,12-13,17,19-20H,14,16H2,1-7H3,(H,25,27)(H,26,30)(H,28,29)/t19-,20-/m1/s1. The molecule has 0 heterocycles. The predicted octanol–water partition coefficient (Wildman–Crippen LogP) is 3.95. The molecule has 0 radical (unpaired) electrons. The Hall–Kier alpha value is -2.79. The van der Waals surface area contributed by atoms with E-state index in [1.54, 1.807) is 13.8 Å². The third kappa shape index (κ3) is 8.75. The van der Waals surface area contributed by atoms with Crippen LogP contribution < -0.4 is 10.6 Å². The van der Waals surface area contributed by atoms with Crippen LogP contribution in [-0.4, -0.2) is 43.2 Å². The number of carboxylic acid groups (broad SMARTS) is 1. The van der Waals surface area contributed by atoms with E-state index < -0.39 is 38.1 Å². The number of hydrogen-bond acceptors (Lipinski definition) is 4. The summed E-state index contributed by atoms with van der Waals surface area (Å²) in [7, 11) is -1.89. The molecular formula is C24H36N2O5Si. The first-order chi connectivity index (χ1) is 14.7. The van der Waals surface area contributed by atoms with Crippen molar-refractivity contribution >= 4 is 26.0 Å². The Morgan fingerprint density at radius 1 is 1.09 bits per heavy atom. The van der Waals surface area contributed by atoms with E-state index in [4.69, 9.17) is 4.74 Å². The van der Waals surface area contributed by atoms with Gasteiger partial charge >= 0.3 is 12.1 Å². The first kappa shape index (κ1) is 27.2. The van der Waals surface area contributed by atoms with Crippen molar-refractivity contribution in [3.63, 3.8) is 0 Å². The second kappa shape index (κ2) is 11.7. The van der Waals surface area contributed by atoms with E-state index in [0.29, 0.717) is 0 Å². The fraction of sp³-hybridized carbons (Fsp3) is 0.542. The maximum absolute atomic E-state index is 12.7. The molecule has 1 rings (SSSR count). The molecule has 3 N–H and O–H groups in total. The fourth-order valence-electron chi connectivity index (χ4n) is 2.45. The first-order valence-corrected chi connectivity index (χ1v) is 13.7. The van der Waals surface area contributed by atoms with Crippen molar-refractivity contribution in [2.24, 2.45) is 5.92 Å². The average Bonchev–Trinajstić information content (AvgIpc) is 2.69. The summed E-state index contributed by atoms with van der Waals surface area (Å²) in [4.78, 5) is 36.6. The molecule has 0 spiro atoms. The van der Waals surface area contributed by atoms with Gasteiger partial charge in [0.2, 0.25) is 5.91 Å². The van der Waals surface area contributed by atoms with Gasteiger partial charge in [-0.15, -0.1) is 11.5 Å². The number of carbonyl (C=O) groups is 3. The number of alkyl carbamates (subject to hydrolysis) is 1. The van der Waals surface area contributed by atoms with Gasteiger partial charge in [0.25, 0.3) is 0 Å². The SMILES string of the molecule is CC(C)[C@@H](NC(=O)OCc1ccccc1)C(=O)N[C@H](CC#C[Si](C)(C)C(C)(C)C)C(=O)O. The lowest BCUT2D eigenvalue weighted by molar-refractivity contribution is -0.142. The smallest absolute Gasteiger partial charge is 0.408 e. The number of hydrogen-bond donors (Lipinski definition) is 3. The summed E-state index contributed by atoms with van der Waals surface area (Å²) in [6, 6.07) is 7.07. The molecule has 0 fully saturated rings. The molecule has 0 aliphatic rings. The Kier molecular flexibility index (Phi) is 9.98. The van der Waals surface area contributed by atoms with Crippen LogP contribution in [0.4, 0.5) is 4.79 Å². The molecule has 7 nitrogen and oxygen atoms in total. The van der Waals surface area contributed by atoms with Crippen molar-refractivity contribution in [3.8, 4) is 11.5 Å². The van der Waals surface area contributed by atoms with Crippen molar-refractivity contribution in [3.05, 3.63) is 35.9 Å². The molecule has 0 aromatic heterocycles. The van der Waals surface area contributed by atoms with E-state index in [1.807, 2.05) is 30.3 Å². The van der Waals surface area contributed by atoms with Crippen molar-refractivity contribution < 1.29 is 24.2 Å². The highest BCUT2D eigenvalue weighted by atomic mass is 28.3. The van der Waals surface area contributed by atoms with Gasteiger partial charge in [0, 0.05) is 6.42 Å². The highest BCUT2D eigenvalue weighted by molar-refractivity contribution is 6.87. The van der Waals surface area contributed by atoms with Crippen LogP contribution in [-0.2, 0) is 20.9 Å². The maximum atomic E-state index is 12.7. The fourth-order valence-corrected chi connectivity index (χ4v) is 3.37. The van der Waals surface area contributed by atoms with E-state index in [1.165, 1.54) is 0 Å². The number of nitrogens with one attached hydrogen (secondary N) is 2. The predicted molar refractivity (Wildman–Crippen MR) is 128 cm³/mol. The summed E-state index contributed by atoms with van der Waals surface area (Å²) in [5.74, 6) is 0.945. The number of carbonyl (C=O) groups excluding carboxylic acids is 2. The zero-order valence-electron chi connectivity index (χ0n) is 20.1. The maximum Gasteiger partial charge on any atom is 0.408 e. The van der Waals surface area contributed by atoms with Gasteiger partial charge in [-0.05, 0) is 16.5 Å². The molecule has 8 heteroatoms. The van der Waals surface area contributed by atoms with Crippen molar-refractivity contribution in [2.45, 2.75) is 77.9 Å². The van der Waals surface area contributed by atoms with Gasteiger partial charge < -0.3 is 20.5 Å². The van der Waals surface area contributed by atoms with Gasteiger partial charge in [0.05, 0.1) is 0 Å². The van der Waals surface area contributed by atoms with Crippen molar-refractivity contribution in [1.29, 1.82) is 0 Å². The van der Waals surface area contributed by atoms with Crippen LogP contribution in [0.25, 0.3) is 0 Å². The van der Waals surface area contributed by atoms with E-state index in [0.717, 1.165) is 5.56 Å². The van der Waals surface area contributed by atoms with Gasteiger partial charge in [-0.25, -0.2) is 9.59 Å². The van der Waals surface area contributed by atoms with Crippen molar-refractivity contribution in [1.82, 2.24) is 10.6 Å². The average molecular weight is 461 g/mol. The van der Waals surface area contributed by atoms with Crippen LogP contribution in [0.1, 0.15) is 46.6 Å². The Labute approximate surface area is 192 Å². The Morgan fingerprint density at radius 2 is 1.69 bits per heavy atom. The summed E-state index contributed by atoms with van der Waals surface area (Å²) in [5.41, 5.74) is 4.08. The van der Waals surface area contributed by atoms with Gasteiger partial charge in [-0.3, -0.25) is 4.79 Å². The third-order valence-electron chi connectivity index (χ3n) is 5.63. The summed E-state index contributed by atoms with van der Waals surface area (Å²) >= 11 is 0. The lowest BCUT2D eigenvalue weighted by Gasteiger charge is -2.31. The molecule has 1 aromatic rings. The number of rotatable bonds is 8. The second-order valence-electron chi connectivity index (χ2n) is 9.71. The Bertz CT molecular complexity index is 851. The molecule has 0 aliphatic carbocycles. The van der Waals surface area contributed by atoms with E-state index in [9.17, 15) is 19.5 Å². The molecule has 0 bridgehead atoms. The Balaban J connectivity index is 2.77. The number of carboxylic acids is 1. The van der Waals surface area contributed by atoms with E-state index in [2.05, 4.69) is 56.0 Å². The molecule has 2 amide bonds. The minimum atomic E-state index is -1.89. The molecule has 32 heavy (non-hydrogen) atoms. The largest absolute Gasteiger partial charge is 0.480 e. The molecule has 0 saturated carbocycles. The highest BCUT2D eigenvalue weighted by Crippen LogP contribution is 2.35. The van der Waals surface area contributed by atoms with E-state index in [-0.39, 0.29) is 24.0 Å². The third-order valence-corrected chi connectivity index (χ3v) is 10.2. The van der Waals surface area contributed by atoms with Crippen LogP contribution in [0, 0.1) is 17.4 Å². The molecule has 0 unspecified atom stereocenters.